The van der Waals surface area contributed by atoms with Gasteiger partial charge in [-0.3, -0.25) is 0 Å². The summed E-state index contributed by atoms with van der Waals surface area (Å²) in [7, 11) is -1.73. The minimum absolute atomic E-state index is 0.188. The number of hydrogen-bond acceptors (Lipinski definition) is 1. The Morgan fingerprint density at radius 1 is 1.10 bits per heavy atom. The van der Waals surface area contributed by atoms with Gasteiger partial charge in [-0.1, -0.05) is 76.2 Å². The van der Waals surface area contributed by atoms with Crippen molar-refractivity contribution in [2.75, 3.05) is 0 Å². The molecule has 0 aliphatic heterocycles. The fraction of sp³-hybridized carbons (Fsp3) is 0.444. The molecule has 0 saturated heterocycles. The van der Waals surface area contributed by atoms with E-state index in [9.17, 15) is 5.11 Å². The molecule has 0 fully saturated rings. The van der Waals surface area contributed by atoms with Crippen molar-refractivity contribution in [1.82, 2.24) is 0 Å². The van der Waals surface area contributed by atoms with Crippen LogP contribution in [0.3, 0.4) is 0 Å². The van der Waals surface area contributed by atoms with E-state index in [0.717, 1.165) is 5.56 Å². The van der Waals surface area contributed by atoms with Crippen molar-refractivity contribution in [3.8, 4) is 11.5 Å². The first kappa shape index (κ1) is 16.8. The third-order valence-electron chi connectivity index (χ3n) is 4.06. The van der Waals surface area contributed by atoms with Crippen molar-refractivity contribution in [2.24, 2.45) is 0 Å². The normalized spacial score (nSPS) is 15.6. The number of hydrogen-bond donors (Lipinski definition) is 1. The van der Waals surface area contributed by atoms with Crippen molar-refractivity contribution in [3.63, 3.8) is 0 Å². The zero-order chi connectivity index (χ0) is 15.4. The Hall–Kier alpha value is -1.30. The van der Waals surface area contributed by atoms with Crippen LogP contribution in [0.25, 0.3) is 0 Å². The first-order valence-electron chi connectivity index (χ1n) is 7.08. The predicted molar refractivity (Wildman–Crippen MR) is 90.1 cm³/mol. The highest BCUT2D eigenvalue weighted by Crippen LogP contribution is 2.35. The van der Waals surface area contributed by atoms with E-state index in [2.05, 4.69) is 45.3 Å². The van der Waals surface area contributed by atoms with Crippen molar-refractivity contribution in [3.05, 3.63) is 48.0 Å². The van der Waals surface area contributed by atoms with Gasteiger partial charge >= 0.3 is 0 Å². The van der Waals surface area contributed by atoms with E-state index in [4.69, 9.17) is 0 Å². The summed E-state index contributed by atoms with van der Waals surface area (Å²) in [6, 6.07) is 9.64. The molecule has 0 heterocycles. The third kappa shape index (κ3) is 3.85. The molecule has 1 aromatic rings. The average Bonchev–Trinajstić information content (AvgIpc) is 2.37. The molecule has 0 saturated carbocycles. The van der Waals surface area contributed by atoms with Gasteiger partial charge in [0, 0.05) is 0 Å². The van der Waals surface area contributed by atoms with E-state index in [-0.39, 0.29) is 5.04 Å². The molecule has 0 aliphatic rings. The lowest BCUT2D eigenvalue weighted by molar-refractivity contribution is 0.154. The first-order chi connectivity index (χ1) is 9.12. The van der Waals surface area contributed by atoms with Crippen LogP contribution in [-0.4, -0.2) is 13.2 Å². The van der Waals surface area contributed by atoms with Gasteiger partial charge in [0.05, 0.1) is 0 Å². The second-order valence-corrected chi connectivity index (χ2v) is 11.8. The van der Waals surface area contributed by atoms with Crippen LogP contribution < -0.4 is 0 Å². The van der Waals surface area contributed by atoms with Gasteiger partial charge < -0.3 is 5.11 Å². The summed E-state index contributed by atoms with van der Waals surface area (Å²) < 4.78 is 0. The molecule has 1 aromatic carbocycles. The molecule has 0 aliphatic carbocycles. The van der Waals surface area contributed by atoms with Crippen LogP contribution in [0.15, 0.2) is 42.5 Å². The third-order valence-corrected chi connectivity index (χ3v) is 8.56. The number of benzene rings is 1. The fourth-order valence-corrected chi connectivity index (χ4v) is 2.46. The fourth-order valence-electron chi connectivity index (χ4n) is 1.58. The Balaban J connectivity index is 3.26. The molecule has 1 N–H and O–H groups in total. The van der Waals surface area contributed by atoms with E-state index >= 15 is 0 Å². The number of rotatable bonds is 2. The summed E-state index contributed by atoms with van der Waals surface area (Å²) in [5.41, 5.74) is 3.04. The van der Waals surface area contributed by atoms with E-state index in [1.807, 2.05) is 43.3 Å². The molecular weight excluding hydrogens is 260 g/mol. The molecule has 0 amide bonds. The average molecular weight is 286 g/mol. The minimum atomic E-state index is -1.73. The summed E-state index contributed by atoms with van der Waals surface area (Å²) in [4.78, 5) is 0. The summed E-state index contributed by atoms with van der Waals surface area (Å²) in [6.45, 7) is 13.1. The lowest BCUT2D eigenvalue weighted by Gasteiger charge is -2.32. The van der Waals surface area contributed by atoms with Crippen molar-refractivity contribution >= 4 is 8.07 Å². The van der Waals surface area contributed by atoms with E-state index in [1.54, 1.807) is 6.08 Å². The van der Waals surface area contributed by atoms with Crippen LogP contribution in [-0.2, 0) is 5.60 Å². The van der Waals surface area contributed by atoms with Gasteiger partial charge in [-0.25, -0.2) is 0 Å². The lowest BCUT2D eigenvalue weighted by Crippen LogP contribution is -2.36. The topological polar surface area (TPSA) is 20.2 Å². The first-order valence-corrected chi connectivity index (χ1v) is 10.1. The van der Waals surface area contributed by atoms with E-state index in [1.165, 1.54) is 0 Å². The standard InChI is InChI=1S/C18H26OSi/c1-7-13-18(19,16-11-9-8-10-12-16)14-15-20(5,6)17(2,3)4/h7-13,19H,1-6H3/b13-7+. The smallest absolute Gasteiger partial charge is 0.169 e. The molecule has 0 radical (unpaired) electrons. The van der Waals surface area contributed by atoms with Gasteiger partial charge in [0.25, 0.3) is 0 Å². The molecule has 20 heavy (non-hydrogen) atoms. The summed E-state index contributed by atoms with van der Waals surface area (Å²) in [5, 5.41) is 11.1. The Labute approximate surface area is 124 Å². The molecule has 1 nitrogen and oxygen atoms in total. The van der Waals surface area contributed by atoms with Crippen molar-refractivity contribution in [2.45, 2.75) is 51.4 Å². The van der Waals surface area contributed by atoms with Crippen LogP contribution in [0.1, 0.15) is 33.3 Å². The molecule has 0 bridgehead atoms. The molecule has 0 aromatic heterocycles. The second-order valence-electron chi connectivity index (χ2n) is 6.76. The molecule has 1 atom stereocenters. The van der Waals surface area contributed by atoms with Gasteiger partial charge in [-0.15, -0.1) is 5.54 Å². The Morgan fingerprint density at radius 3 is 2.10 bits per heavy atom. The quantitative estimate of drug-likeness (QED) is 0.482. The Morgan fingerprint density at radius 2 is 1.65 bits per heavy atom. The van der Waals surface area contributed by atoms with Gasteiger partial charge in [-0.2, -0.15) is 0 Å². The minimum Gasteiger partial charge on any atom is -0.370 e. The van der Waals surface area contributed by atoms with Gasteiger partial charge in [0.1, 0.15) is 8.07 Å². The zero-order valence-electron chi connectivity index (χ0n) is 13.5. The van der Waals surface area contributed by atoms with Gasteiger partial charge in [-0.05, 0) is 23.6 Å². The van der Waals surface area contributed by atoms with Crippen LogP contribution in [0.5, 0.6) is 0 Å². The van der Waals surface area contributed by atoms with Crippen LogP contribution >= 0.6 is 0 Å². The summed E-state index contributed by atoms with van der Waals surface area (Å²) >= 11 is 0. The highest BCUT2D eigenvalue weighted by molar-refractivity contribution is 6.87. The largest absolute Gasteiger partial charge is 0.370 e. The van der Waals surface area contributed by atoms with E-state index in [0.29, 0.717) is 0 Å². The highest BCUT2D eigenvalue weighted by atomic mass is 28.3. The van der Waals surface area contributed by atoms with Crippen LogP contribution in [0.2, 0.25) is 18.1 Å². The maximum atomic E-state index is 10.9. The number of allylic oxidation sites excluding steroid dienone is 1. The van der Waals surface area contributed by atoms with Gasteiger partial charge in [0.15, 0.2) is 5.60 Å². The maximum absolute atomic E-state index is 10.9. The predicted octanol–water partition coefficient (Wildman–Crippen LogP) is 4.50. The van der Waals surface area contributed by atoms with E-state index < -0.39 is 13.7 Å². The molecular formula is C18H26OSi. The monoisotopic (exact) mass is 286 g/mol. The highest BCUT2D eigenvalue weighted by Gasteiger charge is 2.34. The van der Waals surface area contributed by atoms with Crippen LogP contribution in [0, 0.1) is 11.5 Å². The molecule has 108 valence electrons. The summed E-state index contributed by atoms with van der Waals surface area (Å²) in [6.07, 6.45) is 3.62. The SMILES string of the molecule is C/C=C/C(O)(C#C[Si](C)(C)C(C)(C)C)c1ccccc1. The molecule has 0 spiro atoms. The van der Waals surface area contributed by atoms with Crippen LogP contribution in [0.4, 0.5) is 0 Å². The summed E-state index contributed by atoms with van der Waals surface area (Å²) in [5.74, 6) is 3.14. The molecule has 2 heteroatoms. The number of aliphatic hydroxyl groups is 1. The maximum Gasteiger partial charge on any atom is 0.169 e. The molecule has 1 rings (SSSR count). The second kappa shape index (κ2) is 5.99. The lowest BCUT2D eigenvalue weighted by atomic mass is 9.94. The van der Waals surface area contributed by atoms with Gasteiger partial charge in [0.2, 0.25) is 0 Å². The Kier molecular flexibility index (Phi) is 5.02. The Bertz CT molecular complexity index is 526. The van der Waals surface area contributed by atoms with Crippen molar-refractivity contribution < 1.29 is 5.11 Å². The molecule has 1 unspecified atom stereocenters. The van der Waals surface area contributed by atoms with Crippen molar-refractivity contribution in [1.29, 1.82) is 0 Å². The zero-order valence-corrected chi connectivity index (χ0v) is 14.5.